The lowest BCUT2D eigenvalue weighted by molar-refractivity contribution is -0.387. The molecule has 0 radical (unpaired) electrons. The first-order valence-corrected chi connectivity index (χ1v) is 11.9. The highest BCUT2D eigenvalue weighted by Gasteiger charge is 2.50. The van der Waals surface area contributed by atoms with Gasteiger partial charge in [0.25, 0.3) is 5.69 Å². The number of para-hydroxylation sites is 1. The van der Waals surface area contributed by atoms with Crippen LogP contribution in [0.3, 0.4) is 0 Å². The van der Waals surface area contributed by atoms with Crippen LogP contribution in [0, 0.1) is 16.0 Å². The third-order valence-electron chi connectivity index (χ3n) is 6.27. The van der Waals surface area contributed by atoms with E-state index in [2.05, 4.69) is 29.6 Å². The molecule has 1 heterocycles. The quantitative estimate of drug-likeness (QED) is 0.247. The highest BCUT2D eigenvalue weighted by Crippen LogP contribution is 2.58. The molecular weight excluding hydrogens is 451 g/mol. The molecule has 0 aromatic heterocycles. The molecule has 31 heavy (non-hydrogen) atoms. The second-order valence-electron chi connectivity index (χ2n) is 8.02. The fraction of sp³-hybridized carbons (Fsp3) is 0.250. The second kappa shape index (κ2) is 8.38. The fourth-order valence-electron chi connectivity index (χ4n) is 4.95. The van der Waals surface area contributed by atoms with Crippen molar-refractivity contribution in [3.63, 3.8) is 0 Å². The average Bonchev–Trinajstić information content (AvgIpc) is 3.10. The minimum atomic E-state index is -0.322. The van der Waals surface area contributed by atoms with Crippen LogP contribution < -0.4 is 5.32 Å². The van der Waals surface area contributed by atoms with Crippen molar-refractivity contribution in [3.8, 4) is 0 Å². The minimum Gasteiger partial charge on any atom is -0.378 e. The maximum atomic E-state index is 11.5. The molecule has 0 spiro atoms. The number of nitrogens with zero attached hydrogens (tertiary/aromatic N) is 1. The van der Waals surface area contributed by atoms with Crippen LogP contribution in [0.5, 0.6) is 0 Å². The molecule has 3 aromatic carbocycles. The van der Waals surface area contributed by atoms with Crippen molar-refractivity contribution >= 4 is 46.3 Å². The topological polar surface area (TPSA) is 55.2 Å². The van der Waals surface area contributed by atoms with Crippen molar-refractivity contribution in [2.45, 2.75) is 33.9 Å². The van der Waals surface area contributed by atoms with E-state index < -0.39 is 0 Å². The number of thioether (sulfide) groups is 1. The third-order valence-corrected chi connectivity index (χ3v) is 8.62. The number of fused-ring (bicyclic) bond motifs is 3. The Labute approximate surface area is 195 Å². The Balaban J connectivity index is 1.53. The van der Waals surface area contributed by atoms with Gasteiger partial charge < -0.3 is 5.32 Å². The zero-order valence-corrected chi connectivity index (χ0v) is 18.8. The summed E-state index contributed by atoms with van der Waals surface area (Å²) in [6.45, 7) is 0. The summed E-state index contributed by atoms with van der Waals surface area (Å²) in [6.07, 6.45) is 0.855. The van der Waals surface area contributed by atoms with Crippen molar-refractivity contribution in [2.75, 3.05) is 5.32 Å². The Hall–Kier alpha value is -2.21. The molecule has 4 nitrogen and oxygen atoms in total. The monoisotopic (exact) mass is 470 g/mol. The van der Waals surface area contributed by atoms with E-state index in [0.29, 0.717) is 9.92 Å². The van der Waals surface area contributed by atoms with Gasteiger partial charge in [-0.05, 0) is 47.7 Å². The van der Waals surface area contributed by atoms with E-state index >= 15 is 0 Å². The largest absolute Gasteiger partial charge is 0.378 e. The Morgan fingerprint density at radius 3 is 2.55 bits per heavy atom. The van der Waals surface area contributed by atoms with Crippen LogP contribution in [0.25, 0.3) is 0 Å². The van der Waals surface area contributed by atoms with Gasteiger partial charge in [-0.25, -0.2) is 0 Å². The number of hydrogen-bond donors (Lipinski definition) is 1. The second-order valence-corrected chi connectivity index (χ2v) is 10.2. The first kappa shape index (κ1) is 20.7. The predicted molar refractivity (Wildman–Crippen MR) is 127 cm³/mol. The van der Waals surface area contributed by atoms with E-state index in [-0.39, 0.29) is 39.1 Å². The number of halogens is 2. The maximum Gasteiger partial charge on any atom is 0.282 e. The lowest BCUT2D eigenvalue weighted by Gasteiger charge is -2.38. The summed E-state index contributed by atoms with van der Waals surface area (Å²) in [5.41, 5.74) is 3.54. The lowest BCUT2D eigenvalue weighted by Crippen LogP contribution is -2.31. The molecule has 5 rings (SSSR count). The molecule has 1 fully saturated rings. The van der Waals surface area contributed by atoms with Gasteiger partial charge in [-0.3, -0.25) is 10.1 Å². The Morgan fingerprint density at radius 1 is 1.03 bits per heavy atom. The average molecular weight is 471 g/mol. The van der Waals surface area contributed by atoms with Crippen LogP contribution in [-0.2, 0) is 0 Å². The summed E-state index contributed by atoms with van der Waals surface area (Å²) in [5, 5.41) is 15.8. The van der Waals surface area contributed by atoms with Gasteiger partial charge in [0.15, 0.2) is 0 Å². The zero-order chi connectivity index (χ0) is 21.5. The molecule has 3 aromatic rings. The molecule has 1 saturated carbocycles. The van der Waals surface area contributed by atoms with E-state index in [1.54, 1.807) is 12.1 Å². The van der Waals surface area contributed by atoms with Crippen molar-refractivity contribution in [2.24, 2.45) is 5.92 Å². The van der Waals surface area contributed by atoms with Gasteiger partial charge in [-0.15, -0.1) is 23.4 Å². The standard InChI is InChI=1S/C24H20Cl2N2O2S/c25-15-10-11-18-16(12-15)22-17(24(27-18)14-6-2-1-3-7-14)13-21(23(22)26)31-20-9-5-4-8-19(20)28(29)30/h1-12,17,21-24,27H,13H2/t17-,21+,22-,23-,24-/m0/s1. The van der Waals surface area contributed by atoms with Gasteiger partial charge in [-0.1, -0.05) is 54.1 Å². The minimum absolute atomic E-state index is 0.0516. The Kier molecular flexibility index (Phi) is 5.59. The molecule has 1 N–H and O–H groups in total. The summed E-state index contributed by atoms with van der Waals surface area (Å²) < 4.78 is 0. The number of hydrogen-bond acceptors (Lipinski definition) is 4. The van der Waals surface area contributed by atoms with Crippen molar-refractivity contribution in [3.05, 3.63) is 99.1 Å². The number of benzene rings is 3. The highest BCUT2D eigenvalue weighted by atomic mass is 35.5. The normalized spacial score (nSPS) is 26.6. The first-order chi connectivity index (χ1) is 15.0. The number of alkyl halides is 1. The molecule has 0 saturated heterocycles. The van der Waals surface area contributed by atoms with Gasteiger partial charge in [-0.2, -0.15) is 0 Å². The number of rotatable bonds is 4. The first-order valence-electron chi connectivity index (χ1n) is 10.2. The molecule has 0 bridgehead atoms. The summed E-state index contributed by atoms with van der Waals surface area (Å²) in [5.74, 6) is 0.373. The van der Waals surface area contributed by atoms with E-state index in [9.17, 15) is 10.1 Å². The fourth-order valence-corrected chi connectivity index (χ4v) is 7.07. The van der Waals surface area contributed by atoms with Crippen LogP contribution in [0.1, 0.15) is 29.5 Å². The molecule has 2 aliphatic rings. The number of anilines is 1. The van der Waals surface area contributed by atoms with E-state index in [1.165, 1.54) is 17.3 Å². The molecule has 158 valence electrons. The van der Waals surface area contributed by atoms with Crippen LogP contribution in [0.4, 0.5) is 11.4 Å². The number of nitrogens with one attached hydrogen (secondary N) is 1. The summed E-state index contributed by atoms with van der Waals surface area (Å²) in [4.78, 5) is 11.8. The molecule has 0 amide bonds. The van der Waals surface area contributed by atoms with Crippen LogP contribution in [0.2, 0.25) is 5.02 Å². The Morgan fingerprint density at radius 2 is 1.77 bits per heavy atom. The van der Waals surface area contributed by atoms with E-state index in [4.69, 9.17) is 23.2 Å². The van der Waals surface area contributed by atoms with Crippen LogP contribution in [0.15, 0.2) is 77.7 Å². The van der Waals surface area contributed by atoms with Gasteiger partial charge >= 0.3 is 0 Å². The lowest BCUT2D eigenvalue weighted by atomic mass is 9.77. The molecule has 7 heteroatoms. The summed E-state index contributed by atoms with van der Waals surface area (Å²) in [6, 6.07) is 23.4. The van der Waals surface area contributed by atoms with Crippen molar-refractivity contribution in [1.29, 1.82) is 0 Å². The predicted octanol–water partition coefficient (Wildman–Crippen LogP) is 7.29. The highest BCUT2D eigenvalue weighted by molar-refractivity contribution is 8.00. The smallest absolute Gasteiger partial charge is 0.282 e. The van der Waals surface area contributed by atoms with Gasteiger partial charge in [0.2, 0.25) is 0 Å². The molecule has 1 aliphatic heterocycles. The molecular formula is C24H20Cl2N2O2S. The maximum absolute atomic E-state index is 11.5. The van der Waals surface area contributed by atoms with Crippen LogP contribution >= 0.6 is 35.0 Å². The van der Waals surface area contributed by atoms with Gasteiger partial charge in [0.1, 0.15) is 0 Å². The SMILES string of the molecule is O=[N+]([O-])c1ccccc1S[C@@H]1C[C@H]2[C@H](c3cc(Cl)ccc3N[C@H]2c2ccccc2)[C@H]1Cl. The van der Waals surface area contributed by atoms with E-state index in [1.807, 2.05) is 36.4 Å². The number of nitro groups is 1. The van der Waals surface area contributed by atoms with Crippen molar-refractivity contribution in [1.82, 2.24) is 0 Å². The van der Waals surface area contributed by atoms with Crippen molar-refractivity contribution < 1.29 is 4.92 Å². The Bertz CT molecular complexity index is 1130. The zero-order valence-electron chi connectivity index (χ0n) is 16.4. The molecule has 1 aliphatic carbocycles. The van der Waals surface area contributed by atoms with E-state index in [0.717, 1.165) is 17.7 Å². The van der Waals surface area contributed by atoms with Gasteiger partial charge in [0, 0.05) is 27.9 Å². The van der Waals surface area contributed by atoms with Crippen LogP contribution in [-0.4, -0.2) is 15.6 Å². The summed E-state index contributed by atoms with van der Waals surface area (Å²) in [7, 11) is 0. The van der Waals surface area contributed by atoms with Gasteiger partial charge in [0.05, 0.1) is 21.2 Å². The molecule has 0 unspecified atom stereocenters. The molecule has 5 atom stereocenters. The summed E-state index contributed by atoms with van der Waals surface area (Å²) >= 11 is 15.0. The third kappa shape index (κ3) is 3.79. The number of nitro benzene ring substituents is 1.